The maximum absolute atomic E-state index is 12.8. The highest BCUT2D eigenvalue weighted by atomic mass is 16.4. The molecule has 18 nitrogen and oxygen atoms in total. The Hall–Kier alpha value is -4.32. The second kappa shape index (κ2) is 18.9. The fraction of sp³-hybridized carbons (Fsp3) is 0.636. The largest absolute Gasteiger partial charge is 0.481 e. The van der Waals surface area contributed by atoms with Gasteiger partial charge in [0, 0.05) is 12.8 Å². The lowest BCUT2D eigenvalue weighted by atomic mass is 10.1. The molecule has 0 radical (unpaired) electrons. The second-order valence-electron chi connectivity index (χ2n) is 8.65. The Balaban J connectivity index is 5.42. The van der Waals surface area contributed by atoms with Crippen molar-refractivity contribution in [2.45, 2.75) is 75.5 Å². The number of nitrogens with two attached hydrogens (primary N) is 2. The highest BCUT2D eigenvalue weighted by Gasteiger charge is 2.31. The molecule has 0 aromatic carbocycles. The molecule has 0 aliphatic rings. The fourth-order valence-electron chi connectivity index (χ4n) is 3.17. The van der Waals surface area contributed by atoms with E-state index in [0.717, 1.165) is 0 Å². The predicted octanol–water partition coefficient (Wildman–Crippen LogP) is -3.70. The van der Waals surface area contributed by atoms with Crippen molar-refractivity contribution in [2.24, 2.45) is 11.5 Å². The topological polar surface area (TPSA) is 318 Å². The van der Waals surface area contributed by atoms with E-state index in [1.54, 1.807) is 0 Å². The average Bonchev–Trinajstić information content (AvgIpc) is 2.86. The van der Waals surface area contributed by atoms with Crippen LogP contribution < -0.4 is 32.7 Å². The molecule has 4 amide bonds. The van der Waals surface area contributed by atoms with Crippen molar-refractivity contribution in [3.05, 3.63) is 0 Å². The first kappa shape index (κ1) is 35.7. The molecular weight excluding hydrogens is 540 g/mol. The number of carboxylic acid groups (broad SMARTS) is 4. The number of aliphatic carboxylic acids is 4. The number of carbonyl (C=O) groups excluding carboxylic acids is 4. The van der Waals surface area contributed by atoms with Gasteiger partial charge in [0.15, 0.2) is 0 Å². The van der Waals surface area contributed by atoms with Crippen molar-refractivity contribution in [1.82, 2.24) is 21.3 Å². The molecule has 0 aliphatic heterocycles. The quantitative estimate of drug-likeness (QED) is 0.0588. The number of hydrogen-bond donors (Lipinski definition) is 10. The van der Waals surface area contributed by atoms with E-state index in [-0.39, 0.29) is 0 Å². The van der Waals surface area contributed by atoms with Crippen LogP contribution in [0.15, 0.2) is 0 Å². The van der Waals surface area contributed by atoms with E-state index >= 15 is 0 Å². The van der Waals surface area contributed by atoms with Gasteiger partial charge in [0.2, 0.25) is 23.6 Å². The normalized spacial score (nSPS) is 13.6. The zero-order valence-electron chi connectivity index (χ0n) is 21.6. The lowest BCUT2D eigenvalue weighted by Gasteiger charge is -2.23. The van der Waals surface area contributed by atoms with Crippen molar-refractivity contribution in [3.8, 4) is 0 Å². The molecule has 0 aromatic heterocycles. The van der Waals surface area contributed by atoms with Crippen LogP contribution in [-0.2, 0) is 38.4 Å². The Labute approximate surface area is 228 Å². The predicted molar refractivity (Wildman–Crippen MR) is 133 cm³/mol. The fourth-order valence-corrected chi connectivity index (χ4v) is 3.17. The molecule has 0 bridgehead atoms. The smallest absolute Gasteiger partial charge is 0.326 e. The summed E-state index contributed by atoms with van der Waals surface area (Å²) in [5.41, 5.74) is 11.1. The van der Waals surface area contributed by atoms with Crippen LogP contribution in [0.25, 0.3) is 0 Å². The van der Waals surface area contributed by atoms with Crippen molar-refractivity contribution in [2.75, 3.05) is 13.1 Å². The summed E-state index contributed by atoms with van der Waals surface area (Å²) in [5, 5.41) is 44.5. The molecule has 12 N–H and O–H groups in total. The minimum Gasteiger partial charge on any atom is -0.481 e. The molecule has 0 aliphatic carbocycles. The number of nitrogens with one attached hydrogen (secondary N) is 4. The summed E-state index contributed by atoms with van der Waals surface area (Å²) in [6.45, 7) is -0.257. The van der Waals surface area contributed by atoms with Crippen LogP contribution in [0.4, 0.5) is 0 Å². The first-order valence-electron chi connectivity index (χ1n) is 12.2. The monoisotopic (exact) mass is 576 g/mol. The number of amides is 4. The molecule has 40 heavy (non-hydrogen) atoms. The number of rotatable bonds is 21. The molecule has 226 valence electrons. The summed E-state index contributed by atoms with van der Waals surface area (Å²) >= 11 is 0. The van der Waals surface area contributed by atoms with Crippen LogP contribution in [0.5, 0.6) is 0 Å². The summed E-state index contributed by atoms with van der Waals surface area (Å²) in [6, 6.07) is -6.08. The van der Waals surface area contributed by atoms with Gasteiger partial charge in [0.25, 0.3) is 0 Å². The summed E-state index contributed by atoms with van der Waals surface area (Å²) in [7, 11) is 0. The molecule has 4 atom stereocenters. The van der Waals surface area contributed by atoms with Gasteiger partial charge < -0.3 is 53.2 Å². The summed E-state index contributed by atoms with van der Waals surface area (Å²) in [4.78, 5) is 94.1. The van der Waals surface area contributed by atoms with Gasteiger partial charge in [-0.2, -0.15) is 0 Å². The minimum atomic E-state index is -1.78. The average molecular weight is 577 g/mol. The minimum absolute atomic E-state index is 0.299. The van der Waals surface area contributed by atoms with Crippen LogP contribution in [0.3, 0.4) is 0 Å². The third-order valence-corrected chi connectivity index (χ3v) is 5.30. The molecular formula is C22H36N6O12. The Bertz CT molecular complexity index is 943. The van der Waals surface area contributed by atoms with Crippen molar-refractivity contribution in [1.29, 1.82) is 0 Å². The van der Waals surface area contributed by atoms with Gasteiger partial charge >= 0.3 is 23.9 Å². The molecule has 18 heteroatoms. The number of hydrogen-bond acceptors (Lipinski definition) is 10. The van der Waals surface area contributed by atoms with Gasteiger partial charge in [-0.25, -0.2) is 4.79 Å². The second-order valence-corrected chi connectivity index (χ2v) is 8.65. The van der Waals surface area contributed by atoms with Gasteiger partial charge in [-0.3, -0.25) is 33.6 Å². The molecule has 0 aromatic rings. The van der Waals surface area contributed by atoms with E-state index in [4.69, 9.17) is 26.8 Å². The number of carboxylic acids is 4. The summed E-state index contributed by atoms with van der Waals surface area (Å²) < 4.78 is 0. The van der Waals surface area contributed by atoms with Crippen molar-refractivity contribution in [3.63, 3.8) is 0 Å². The van der Waals surface area contributed by atoms with Crippen LogP contribution in [-0.4, -0.2) is 105 Å². The van der Waals surface area contributed by atoms with Crippen LogP contribution in [0.2, 0.25) is 0 Å². The maximum Gasteiger partial charge on any atom is 0.326 e. The van der Waals surface area contributed by atoms with Crippen LogP contribution in [0, 0.1) is 0 Å². The lowest BCUT2D eigenvalue weighted by Crippen LogP contribution is -2.57. The molecule has 0 saturated heterocycles. The number of unbranched alkanes of at least 4 members (excludes halogenated alkanes) is 1. The SMILES string of the molecule is NCCCC[C@H](N)C(=O)NCC(=O)N[C@@H](CC(=O)O)C(=O)N[C@@H](CCC(=O)O)C(=O)N[C@@H](CCC(=O)O)C(=O)O. The van der Waals surface area contributed by atoms with Gasteiger partial charge in [0.1, 0.15) is 18.1 Å². The number of carbonyl (C=O) groups is 8. The van der Waals surface area contributed by atoms with E-state index in [0.29, 0.717) is 25.8 Å². The molecule has 0 heterocycles. The third kappa shape index (κ3) is 15.8. The zero-order chi connectivity index (χ0) is 30.8. The van der Waals surface area contributed by atoms with Crippen molar-refractivity contribution < 1.29 is 58.8 Å². The van der Waals surface area contributed by atoms with E-state index < -0.39 is 110 Å². The van der Waals surface area contributed by atoms with Crippen molar-refractivity contribution >= 4 is 47.5 Å². The van der Waals surface area contributed by atoms with E-state index in [1.807, 2.05) is 5.32 Å². The maximum atomic E-state index is 12.8. The zero-order valence-corrected chi connectivity index (χ0v) is 21.6. The molecule has 0 saturated carbocycles. The lowest BCUT2D eigenvalue weighted by molar-refractivity contribution is -0.144. The molecule has 0 spiro atoms. The molecule has 0 rings (SSSR count). The Kier molecular flexibility index (Phi) is 16.8. The first-order valence-corrected chi connectivity index (χ1v) is 12.2. The van der Waals surface area contributed by atoms with Gasteiger partial charge in [-0.15, -0.1) is 0 Å². The summed E-state index contributed by atoms with van der Waals surface area (Å²) in [6.07, 6.45) is -1.81. The summed E-state index contributed by atoms with van der Waals surface area (Å²) in [5.74, 6) is -9.88. The van der Waals surface area contributed by atoms with E-state index in [9.17, 15) is 43.5 Å². The van der Waals surface area contributed by atoms with Gasteiger partial charge in [-0.1, -0.05) is 6.42 Å². The Morgan fingerprint density at radius 2 is 1.15 bits per heavy atom. The highest BCUT2D eigenvalue weighted by Crippen LogP contribution is 2.05. The van der Waals surface area contributed by atoms with Crippen LogP contribution in [0.1, 0.15) is 51.4 Å². The Morgan fingerprint density at radius 3 is 1.65 bits per heavy atom. The van der Waals surface area contributed by atoms with E-state index in [2.05, 4.69) is 16.0 Å². The third-order valence-electron chi connectivity index (χ3n) is 5.30. The van der Waals surface area contributed by atoms with Gasteiger partial charge in [-0.05, 0) is 32.2 Å². The van der Waals surface area contributed by atoms with Crippen LogP contribution >= 0.6 is 0 Å². The highest BCUT2D eigenvalue weighted by molar-refractivity contribution is 5.96. The molecule has 0 fully saturated rings. The Morgan fingerprint density at radius 1 is 0.625 bits per heavy atom. The first-order chi connectivity index (χ1) is 18.7. The standard InChI is InChI=1S/C22H36N6O12/c23-8-2-1-3-11(24)19(36)25-10-15(29)26-14(9-18(34)35)21(38)27-12(4-6-16(30)31)20(37)28-13(22(39)40)5-7-17(32)33/h11-14H,1-10,23-24H2,(H,25,36)(H,26,29)(H,27,38)(H,28,37)(H,30,31)(H,32,33)(H,34,35)(H,39,40)/t11-,12-,13-,14-/m0/s1. The van der Waals surface area contributed by atoms with E-state index in [1.165, 1.54) is 0 Å². The van der Waals surface area contributed by atoms with Gasteiger partial charge in [0.05, 0.1) is 19.0 Å². The molecule has 0 unspecified atom stereocenters.